The number of hydrogen-bond acceptors (Lipinski definition) is 5. The first-order valence-electron chi connectivity index (χ1n) is 5.47. The fourth-order valence-corrected chi connectivity index (χ4v) is 2.60. The Kier molecular flexibility index (Phi) is 3.87. The molecule has 1 aromatic rings. The number of nitrogens with one attached hydrogen (secondary N) is 1. The predicted molar refractivity (Wildman–Crippen MR) is 62.9 cm³/mol. The van der Waals surface area contributed by atoms with Crippen LogP contribution in [0.25, 0.3) is 0 Å². The van der Waals surface area contributed by atoms with Crippen molar-refractivity contribution in [3.05, 3.63) is 16.1 Å². The van der Waals surface area contributed by atoms with Gasteiger partial charge in [-0.3, -0.25) is 15.1 Å². The zero-order chi connectivity index (χ0) is 11.4. The first-order chi connectivity index (χ1) is 7.79. The van der Waals surface area contributed by atoms with Crippen LogP contribution in [0.2, 0.25) is 0 Å². The standard InChI is InChI=1S/C10H16N4OS/c11-13-9(15)10-12-8(7-16-10)6-14-4-2-1-3-5-14/h7H,1-6,11H2,(H,13,15). The summed E-state index contributed by atoms with van der Waals surface area (Å²) in [7, 11) is 0. The number of nitrogen functional groups attached to an aromatic ring is 1. The van der Waals surface area contributed by atoms with Crippen molar-refractivity contribution in [2.24, 2.45) is 5.84 Å². The van der Waals surface area contributed by atoms with E-state index in [4.69, 9.17) is 5.84 Å². The molecule has 1 aliphatic rings. The summed E-state index contributed by atoms with van der Waals surface area (Å²) in [4.78, 5) is 17.9. The number of carbonyl (C=O) groups is 1. The molecule has 5 nitrogen and oxygen atoms in total. The molecule has 0 atom stereocenters. The van der Waals surface area contributed by atoms with Crippen LogP contribution in [-0.2, 0) is 6.54 Å². The highest BCUT2D eigenvalue weighted by molar-refractivity contribution is 7.11. The Morgan fingerprint density at radius 2 is 2.25 bits per heavy atom. The molecule has 0 aromatic carbocycles. The van der Waals surface area contributed by atoms with Crippen LogP contribution in [0.15, 0.2) is 5.38 Å². The Morgan fingerprint density at radius 1 is 1.50 bits per heavy atom. The van der Waals surface area contributed by atoms with Crippen LogP contribution < -0.4 is 11.3 Å². The van der Waals surface area contributed by atoms with Crippen LogP contribution in [0.4, 0.5) is 0 Å². The molecule has 16 heavy (non-hydrogen) atoms. The molecule has 88 valence electrons. The van der Waals surface area contributed by atoms with E-state index < -0.39 is 0 Å². The van der Waals surface area contributed by atoms with Gasteiger partial charge in [0.1, 0.15) is 0 Å². The topological polar surface area (TPSA) is 71.2 Å². The smallest absolute Gasteiger partial charge is 0.294 e. The van der Waals surface area contributed by atoms with Crippen LogP contribution in [0, 0.1) is 0 Å². The molecule has 1 aromatic heterocycles. The highest BCUT2D eigenvalue weighted by Gasteiger charge is 2.14. The van der Waals surface area contributed by atoms with E-state index in [1.165, 1.54) is 30.6 Å². The third-order valence-electron chi connectivity index (χ3n) is 2.71. The summed E-state index contributed by atoms with van der Waals surface area (Å²) in [5, 5.41) is 2.37. The molecule has 0 unspecified atom stereocenters. The number of hydrazine groups is 1. The number of hydrogen-bond donors (Lipinski definition) is 2. The Labute approximate surface area is 98.6 Å². The summed E-state index contributed by atoms with van der Waals surface area (Å²) in [6, 6.07) is 0. The first kappa shape index (κ1) is 11.5. The lowest BCUT2D eigenvalue weighted by molar-refractivity contribution is 0.0953. The van der Waals surface area contributed by atoms with Crippen molar-refractivity contribution in [2.45, 2.75) is 25.8 Å². The fourth-order valence-electron chi connectivity index (χ4n) is 1.89. The van der Waals surface area contributed by atoms with E-state index in [1.807, 2.05) is 5.38 Å². The molecule has 0 radical (unpaired) electrons. The van der Waals surface area contributed by atoms with Crippen LogP contribution >= 0.6 is 11.3 Å². The van der Waals surface area contributed by atoms with Crippen molar-refractivity contribution < 1.29 is 4.79 Å². The van der Waals surface area contributed by atoms with Gasteiger partial charge in [0.2, 0.25) is 0 Å². The van der Waals surface area contributed by atoms with Crippen molar-refractivity contribution in [1.29, 1.82) is 0 Å². The third kappa shape index (κ3) is 2.78. The van der Waals surface area contributed by atoms with Gasteiger partial charge in [-0.05, 0) is 25.9 Å². The number of nitrogens with two attached hydrogens (primary N) is 1. The summed E-state index contributed by atoms with van der Waals surface area (Å²) in [5.41, 5.74) is 3.06. The first-order valence-corrected chi connectivity index (χ1v) is 6.35. The lowest BCUT2D eigenvalue weighted by atomic mass is 10.1. The van der Waals surface area contributed by atoms with Gasteiger partial charge in [-0.1, -0.05) is 6.42 Å². The zero-order valence-electron chi connectivity index (χ0n) is 9.11. The number of likely N-dealkylation sites (tertiary alicyclic amines) is 1. The van der Waals surface area contributed by atoms with E-state index in [0.29, 0.717) is 5.01 Å². The number of thiazole rings is 1. The van der Waals surface area contributed by atoms with Gasteiger partial charge >= 0.3 is 0 Å². The summed E-state index contributed by atoms with van der Waals surface area (Å²) >= 11 is 1.34. The molecule has 0 spiro atoms. The largest absolute Gasteiger partial charge is 0.297 e. The number of carbonyl (C=O) groups excluding carboxylic acids is 1. The summed E-state index contributed by atoms with van der Waals surface area (Å²) in [6.45, 7) is 3.11. The van der Waals surface area contributed by atoms with Crippen molar-refractivity contribution >= 4 is 17.2 Å². The normalized spacial score (nSPS) is 17.3. The fraction of sp³-hybridized carbons (Fsp3) is 0.600. The molecule has 1 saturated heterocycles. The van der Waals surface area contributed by atoms with Crippen molar-refractivity contribution in [3.63, 3.8) is 0 Å². The zero-order valence-corrected chi connectivity index (χ0v) is 9.92. The van der Waals surface area contributed by atoms with Gasteiger partial charge in [-0.15, -0.1) is 11.3 Å². The van der Waals surface area contributed by atoms with Crippen molar-refractivity contribution in [1.82, 2.24) is 15.3 Å². The number of piperidine rings is 1. The second kappa shape index (κ2) is 5.38. The average molecular weight is 240 g/mol. The summed E-state index contributed by atoms with van der Waals surface area (Å²) in [5.74, 6) is 4.74. The summed E-state index contributed by atoms with van der Waals surface area (Å²) < 4.78 is 0. The van der Waals surface area contributed by atoms with Crippen molar-refractivity contribution in [3.8, 4) is 0 Å². The lowest BCUT2D eigenvalue weighted by Crippen LogP contribution is -2.30. The lowest BCUT2D eigenvalue weighted by Gasteiger charge is -2.25. The predicted octanol–water partition coefficient (Wildman–Crippen LogP) is 0.732. The molecule has 1 amide bonds. The minimum Gasteiger partial charge on any atom is -0.297 e. The minimum absolute atomic E-state index is 0.310. The van der Waals surface area contributed by atoms with E-state index in [0.717, 1.165) is 25.3 Å². The SMILES string of the molecule is NNC(=O)c1nc(CN2CCCCC2)cs1. The molecule has 1 fully saturated rings. The van der Waals surface area contributed by atoms with Crippen LogP contribution in [0.5, 0.6) is 0 Å². The van der Waals surface area contributed by atoms with Gasteiger partial charge in [-0.25, -0.2) is 10.8 Å². The van der Waals surface area contributed by atoms with Crippen molar-refractivity contribution in [2.75, 3.05) is 13.1 Å². The Hall–Kier alpha value is -0.980. The highest BCUT2D eigenvalue weighted by atomic mass is 32.1. The molecule has 0 bridgehead atoms. The molecule has 0 aliphatic carbocycles. The molecule has 2 heterocycles. The average Bonchev–Trinajstić information content (AvgIpc) is 2.78. The second-order valence-corrected chi connectivity index (χ2v) is 4.81. The Morgan fingerprint density at radius 3 is 2.94 bits per heavy atom. The van der Waals surface area contributed by atoms with Crippen LogP contribution in [0.1, 0.15) is 34.8 Å². The van der Waals surface area contributed by atoms with Crippen LogP contribution in [-0.4, -0.2) is 28.9 Å². The molecular weight excluding hydrogens is 224 g/mol. The van der Waals surface area contributed by atoms with Gasteiger partial charge in [0.25, 0.3) is 5.91 Å². The maximum absolute atomic E-state index is 11.2. The van der Waals surface area contributed by atoms with Gasteiger partial charge in [-0.2, -0.15) is 0 Å². The minimum atomic E-state index is -0.310. The third-order valence-corrected chi connectivity index (χ3v) is 3.60. The van der Waals surface area contributed by atoms with E-state index >= 15 is 0 Å². The van der Waals surface area contributed by atoms with Gasteiger partial charge in [0, 0.05) is 11.9 Å². The van der Waals surface area contributed by atoms with E-state index in [9.17, 15) is 4.79 Å². The van der Waals surface area contributed by atoms with Gasteiger partial charge in [0.15, 0.2) is 5.01 Å². The number of amides is 1. The van der Waals surface area contributed by atoms with E-state index in [-0.39, 0.29) is 5.91 Å². The number of aromatic nitrogens is 1. The molecule has 0 saturated carbocycles. The van der Waals surface area contributed by atoms with Crippen LogP contribution in [0.3, 0.4) is 0 Å². The summed E-state index contributed by atoms with van der Waals surface area (Å²) in [6.07, 6.45) is 3.86. The Bertz CT molecular complexity index is 359. The number of nitrogens with zero attached hydrogens (tertiary/aromatic N) is 2. The molecule has 1 aliphatic heterocycles. The quantitative estimate of drug-likeness (QED) is 0.464. The van der Waals surface area contributed by atoms with E-state index in [1.54, 1.807) is 0 Å². The van der Waals surface area contributed by atoms with E-state index in [2.05, 4.69) is 15.3 Å². The second-order valence-electron chi connectivity index (χ2n) is 3.95. The maximum atomic E-state index is 11.2. The van der Waals surface area contributed by atoms with Gasteiger partial charge < -0.3 is 0 Å². The maximum Gasteiger partial charge on any atom is 0.294 e. The Balaban J connectivity index is 1.94. The monoisotopic (exact) mass is 240 g/mol. The number of rotatable bonds is 3. The molecule has 6 heteroatoms. The highest BCUT2D eigenvalue weighted by Crippen LogP contribution is 2.15. The molecule has 2 rings (SSSR count). The molecular formula is C10H16N4OS. The van der Waals surface area contributed by atoms with Gasteiger partial charge in [0.05, 0.1) is 5.69 Å². The molecule has 3 N–H and O–H groups in total.